The zero-order valence-electron chi connectivity index (χ0n) is 11.8. The van der Waals surface area contributed by atoms with Crippen LogP contribution < -0.4 is 5.73 Å². The molecule has 21 heavy (non-hydrogen) atoms. The molecule has 2 N–H and O–H groups in total. The number of nitrogens with two attached hydrogens (primary N) is 1. The summed E-state index contributed by atoms with van der Waals surface area (Å²) in [6.45, 7) is 2.54. The van der Waals surface area contributed by atoms with Gasteiger partial charge in [-0.1, -0.05) is 19.1 Å². The molecule has 6 heteroatoms. The van der Waals surface area contributed by atoms with E-state index in [1.54, 1.807) is 39.9 Å². The van der Waals surface area contributed by atoms with Crippen molar-refractivity contribution in [2.24, 2.45) is 0 Å². The second-order valence-electron chi connectivity index (χ2n) is 5.13. The first-order chi connectivity index (χ1) is 10.1. The highest BCUT2D eigenvalue weighted by molar-refractivity contribution is 7.89. The van der Waals surface area contributed by atoms with Crippen LogP contribution in [0.3, 0.4) is 0 Å². The lowest BCUT2D eigenvalue weighted by molar-refractivity contribution is 0.303. The fraction of sp³-hybridized carbons (Fsp3) is 0.333. The first-order valence-electron chi connectivity index (χ1n) is 6.98. The predicted molar refractivity (Wildman–Crippen MR) is 85.8 cm³/mol. The van der Waals surface area contributed by atoms with E-state index in [1.807, 2.05) is 18.4 Å². The first kappa shape index (κ1) is 14.6. The van der Waals surface area contributed by atoms with Crippen LogP contribution in [0.4, 0.5) is 5.69 Å². The van der Waals surface area contributed by atoms with Crippen molar-refractivity contribution < 1.29 is 8.42 Å². The highest BCUT2D eigenvalue weighted by atomic mass is 32.2. The van der Waals surface area contributed by atoms with E-state index < -0.39 is 10.0 Å². The van der Waals surface area contributed by atoms with Crippen molar-refractivity contribution in [3.8, 4) is 0 Å². The third-order valence-electron chi connectivity index (χ3n) is 3.94. The van der Waals surface area contributed by atoms with Crippen LogP contribution in [0, 0.1) is 0 Å². The second kappa shape index (κ2) is 5.44. The maximum Gasteiger partial charge on any atom is 0.245 e. The number of rotatable bonds is 3. The van der Waals surface area contributed by atoms with E-state index >= 15 is 0 Å². The molecule has 0 bridgehead atoms. The predicted octanol–water partition coefficient (Wildman–Crippen LogP) is 3.03. The Balaban J connectivity index is 2.06. The molecule has 1 aliphatic rings. The number of anilines is 1. The van der Waals surface area contributed by atoms with Gasteiger partial charge in [0.1, 0.15) is 4.90 Å². The molecule has 2 heterocycles. The van der Waals surface area contributed by atoms with E-state index in [0.29, 0.717) is 12.2 Å². The van der Waals surface area contributed by atoms with Crippen molar-refractivity contribution in [3.05, 3.63) is 46.2 Å². The van der Waals surface area contributed by atoms with Crippen molar-refractivity contribution in [1.82, 2.24) is 4.31 Å². The van der Waals surface area contributed by atoms with Gasteiger partial charge in [-0.25, -0.2) is 8.42 Å². The molecule has 1 aromatic heterocycles. The molecule has 0 aliphatic carbocycles. The number of thiophene rings is 1. The van der Waals surface area contributed by atoms with E-state index in [-0.39, 0.29) is 10.9 Å². The molecular formula is C15H18N2O2S2. The van der Waals surface area contributed by atoms with Crippen LogP contribution in [0.2, 0.25) is 0 Å². The summed E-state index contributed by atoms with van der Waals surface area (Å²) in [5, 5.41) is 2.04. The third-order valence-corrected chi connectivity index (χ3v) is 6.92. The first-order valence-corrected chi connectivity index (χ1v) is 9.30. The van der Waals surface area contributed by atoms with Crippen LogP contribution in [-0.2, 0) is 16.4 Å². The van der Waals surface area contributed by atoms with Crippen LogP contribution in [0.25, 0.3) is 0 Å². The number of sulfonamides is 1. The molecule has 0 spiro atoms. The molecule has 0 radical (unpaired) electrons. The highest BCUT2D eigenvalue weighted by Crippen LogP contribution is 2.39. The molecule has 0 saturated heterocycles. The summed E-state index contributed by atoms with van der Waals surface area (Å²) in [7, 11) is -3.56. The number of nitrogens with zero attached hydrogens (tertiary/aromatic N) is 1. The van der Waals surface area contributed by atoms with Gasteiger partial charge in [-0.3, -0.25) is 0 Å². The topological polar surface area (TPSA) is 63.4 Å². The molecule has 1 atom stereocenters. The summed E-state index contributed by atoms with van der Waals surface area (Å²) in [5.74, 6) is 0. The van der Waals surface area contributed by atoms with Crippen molar-refractivity contribution in [2.75, 3.05) is 12.3 Å². The average Bonchev–Trinajstić information content (AvgIpc) is 2.94. The zero-order chi connectivity index (χ0) is 15.0. The SMILES string of the molecule is CCC1c2ccsc2CCN1S(=O)(=O)c1ccccc1N. The van der Waals surface area contributed by atoms with Gasteiger partial charge in [0, 0.05) is 11.4 Å². The summed E-state index contributed by atoms with van der Waals surface area (Å²) in [5.41, 5.74) is 7.33. The number of para-hydroxylation sites is 1. The van der Waals surface area contributed by atoms with E-state index in [0.717, 1.165) is 18.4 Å². The molecule has 4 nitrogen and oxygen atoms in total. The van der Waals surface area contributed by atoms with Crippen molar-refractivity contribution in [1.29, 1.82) is 0 Å². The van der Waals surface area contributed by atoms with Crippen molar-refractivity contribution >= 4 is 27.0 Å². The minimum absolute atomic E-state index is 0.0930. The van der Waals surface area contributed by atoms with Gasteiger partial charge in [0.15, 0.2) is 0 Å². The lowest BCUT2D eigenvalue weighted by Crippen LogP contribution is -2.39. The minimum Gasteiger partial charge on any atom is -0.398 e. The second-order valence-corrected chi connectivity index (χ2v) is 7.99. The van der Waals surface area contributed by atoms with Gasteiger partial charge >= 0.3 is 0 Å². The Bertz CT molecular complexity index is 753. The van der Waals surface area contributed by atoms with Crippen molar-refractivity contribution in [3.63, 3.8) is 0 Å². The lowest BCUT2D eigenvalue weighted by atomic mass is 10.0. The molecule has 1 aliphatic heterocycles. The fourth-order valence-corrected chi connectivity index (χ4v) is 5.65. The molecule has 1 unspecified atom stereocenters. The standard InChI is InChI=1S/C15H18N2O2S2/c1-2-13-11-8-10-20-14(11)7-9-17(13)21(18,19)15-6-4-3-5-12(15)16/h3-6,8,10,13H,2,7,9,16H2,1H3. The Morgan fingerprint density at radius 2 is 2.10 bits per heavy atom. The zero-order valence-corrected chi connectivity index (χ0v) is 13.5. The number of fused-ring (bicyclic) bond motifs is 1. The van der Waals surface area contributed by atoms with E-state index in [4.69, 9.17) is 5.73 Å². The van der Waals surface area contributed by atoms with Crippen LogP contribution in [0.5, 0.6) is 0 Å². The van der Waals surface area contributed by atoms with Crippen LogP contribution >= 0.6 is 11.3 Å². The van der Waals surface area contributed by atoms with E-state index in [9.17, 15) is 8.42 Å². The third kappa shape index (κ3) is 2.37. The maximum absolute atomic E-state index is 13.0. The molecule has 0 saturated carbocycles. The minimum atomic E-state index is -3.56. The summed E-state index contributed by atoms with van der Waals surface area (Å²) in [4.78, 5) is 1.51. The Hall–Kier alpha value is -1.37. The Labute approximate surface area is 129 Å². The molecule has 3 rings (SSSR count). The number of benzene rings is 1. The summed E-state index contributed by atoms with van der Waals surface area (Å²) >= 11 is 1.71. The van der Waals surface area contributed by atoms with Gasteiger partial charge in [-0.15, -0.1) is 11.3 Å². The smallest absolute Gasteiger partial charge is 0.245 e. The Kier molecular flexibility index (Phi) is 3.77. The number of hydrogen-bond donors (Lipinski definition) is 1. The van der Waals surface area contributed by atoms with E-state index in [2.05, 4.69) is 0 Å². The van der Waals surface area contributed by atoms with Gasteiger partial charge in [-0.2, -0.15) is 4.31 Å². The molecule has 1 aromatic carbocycles. The van der Waals surface area contributed by atoms with E-state index in [1.165, 1.54) is 4.88 Å². The van der Waals surface area contributed by atoms with Crippen LogP contribution in [0.15, 0.2) is 40.6 Å². The quantitative estimate of drug-likeness (QED) is 0.884. The summed E-state index contributed by atoms with van der Waals surface area (Å²) in [6.07, 6.45) is 1.53. The average molecular weight is 322 g/mol. The summed E-state index contributed by atoms with van der Waals surface area (Å²) < 4.78 is 27.5. The summed E-state index contributed by atoms with van der Waals surface area (Å²) in [6, 6.07) is 8.63. The monoisotopic (exact) mass is 322 g/mol. The van der Waals surface area contributed by atoms with Gasteiger partial charge in [-0.05, 0) is 42.0 Å². The van der Waals surface area contributed by atoms with Gasteiger partial charge in [0.05, 0.1) is 11.7 Å². The lowest BCUT2D eigenvalue weighted by Gasteiger charge is -2.34. The molecule has 2 aromatic rings. The van der Waals surface area contributed by atoms with Gasteiger partial charge < -0.3 is 5.73 Å². The maximum atomic E-state index is 13.0. The molecule has 0 fully saturated rings. The van der Waals surface area contributed by atoms with Crippen LogP contribution in [0.1, 0.15) is 29.8 Å². The Morgan fingerprint density at radius 1 is 1.33 bits per heavy atom. The van der Waals surface area contributed by atoms with Crippen LogP contribution in [-0.4, -0.2) is 19.3 Å². The molecule has 112 valence electrons. The van der Waals surface area contributed by atoms with Crippen molar-refractivity contribution in [2.45, 2.75) is 30.7 Å². The number of nitrogen functional groups attached to an aromatic ring is 1. The van der Waals surface area contributed by atoms with Gasteiger partial charge in [0.25, 0.3) is 0 Å². The molecule has 0 amide bonds. The normalized spacial score (nSPS) is 19.4. The number of hydrogen-bond acceptors (Lipinski definition) is 4. The Morgan fingerprint density at radius 3 is 2.81 bits per heavy atom. The largest absolute Gasteiger partial charge is 0.398 e. The highest BCUT2D eigenvalue weighted by Gasteiger charge is 2.36. The van der Waals surface area contributed by atoms with Gasteiger partial charge in [0.2, 0.25) is 10.0 Å². The fourth-order valence-electron chi connectivity index (χ4n) is 2.93. The molecular weight excluding hydrogens is 304 g/mol.